The summed E-state index contributed by atoms with van der Waals surface area (Å²) in [7, 11) is 1.35. The Bertz CT molecular complexity index is 711. The lowest BCUT2D eigenvalue weighted by atomic mass is 9.64. The summed E-state index contributed by atoms with van der Waals surface area (Å²) in [5, 5.41) is 3.07. The summed E-state index contributed by atoms with van der Waals surface area (Å²) in [5.41, 5.74) is -1.65. The first kappa shape index (κ1) is 22.6. The van der Waals surface area contributed by atoms with E-state index >= 15 is 0 Å². The Kier molecular flexibility index (Phi) is 6.71. The molecule has 0 spiro atoms. The zero-order valence-corrected chi connectivity index (χ0v) is 18.2. The van der Waals surface area contributed by atoms with Gasteiger partial charge in [0.15, 0.2) is 0 Å². The normalized spacial score (nSPS) is 28.3. The third-order valence-corrected chi connectivity index (χ3v) is 6.50. The van der Waals surface area contributed by atoms with Gasteiger partial charge in [0, 0.05) is 24.7 Å². The van der Waals surface area contributed by atoms with E-state index in [1.54, 1.807) is 20.8 Å². The Morgan fingerprint density at radius 2 is 1.73 bits per heavy atom. The summed E-state index contributed by atoms with van der Waals surface area (Å²) in [4.78, 5) is 41.8. The molecule has 0 aromatic heterocycles. The molecule has 1 N–H and O–H groups in total. The van der Waals surface area contributed by atoms with E-state index in [4.69, 9.17) is 18.9 Å². The van der Waals surface area contributed by atoms with Gasteiger partial charge in [-0.15, -0.1) is 0 Å². The lowest BCUT2D eigenvalue weighted by Crippen LogP contribution is -2.74. The molecule has 9 nitrogen and oxygen atoms in total. The first-order valence-corrected chi connectivity index (χ1v) is 10.6. The molecular weight excluding hydrogens is 392 g/mol. The first-order chi connectivity index (χ1) is 14.4. The Balaban J connectivity index is 2.25. The van der Waals surface area contributed by atoms with Crippen LogP contribution < -0.4 is 5.32 Å². The highest BCUT2D eigenvalue weighted by Crippen LogP contribution is 2.54. The number of allylic oxidation sites excluding steroid dienone is 1. The molecule has 2 unspecified atom stereocenters. The number of esters is 3. The second-order valence-electron chi connectivity index (χ2n) is 7.83. The number of ether oxygens (including phenoxy) is 4. The number of carbonyl (C=O) groups is 3. The van der Waals surface area contributed by atoms with Crippen LogP contribution in [0.3, 0.4) is 0 Å². The minimum Gasteiger partial charge on any atom is -0.466 e. The second kappa shape index (κ2) is 8.93. The van der Waals surface area contributed by atoms with Gasteiger partial charge >= 0.3 is 17.9 Å². The molecule has 30 heavy (non-hydrogen) atoms. The van der Waals surface area contributed by atoms with E-state index in [0.29, 0.717) is 50.4 Å². The van der Waals surface area contributed by atoms with Crippen molar-refractivity contribution in [3.8, 4) is 0 Å². The quantitative estimate of drug-likeness (QED) is 0.376. The van der Waals surface area contributed by atoms with Crippen LogP contribution in [0.5, 0.6) is 0 Å². The number of hydrogen-bond acceptors (Lipinski definition) is 9. The molecule has 3 rings (SSSR count). The number of nitrogens with zero attached hydrogens (tertiary/aromatic N) is 1. The molecule has 1 saturated heterocycles. The summed E-state index contributed by atoms with van der Waals surface area (Å²) >= 11 is 0. The molecular formula is C21H32N2O7. The molecule has 2 aliphatic heterocycles. The van der Waals surface area contributed by atoms with E-state index in [1.165, 1.54) is 7.11 Å². The van der Waals surface area contributed by atoms with Gasteiger partial charge in [0.25, 0.3) is 0 Å². The van der Waals surface area contributed by atoms with Crippen LogP contribution in [-0.4, -0.2) is 80.5 Å². The minimum atomic E-state index is -1.72. The highest BCUT2D eigenvalue weighted by Gasteiger charge is 2.69. The highest BCUT2D eigenvalue weighted by atomic mass is 16.6. The number of nitrogens with one attached hydrogen (secondary N) is 1. The topological polar surface area (TPSA) is 103 Å². The van der Waals surface area contributed by atoms with E-state index in [0.717, 1.165) is 6.42 Å². The molecule has 2 atom stereocenters. The summed E-state index contributed by atoms with van der Waals surface area (Å²) in [6.07, 6.45) is 1.94. The van der Waals surface area contributed by atoms with Gasteiger partial charge < -0.3 is 24.3 Å². The van der Waals surface area contributed by atoms with Gasteiger partial charge in [-0.1, -0.05) is 6.42 Å². The molecule has 3 aliphatic rings. The van der Waals surface area contributed by atoms with Crippen LogP contribution in [0.25, 0.3) is 0 Å². The lowest BCUT2D eigenvalue weighted by Gasteiger charge is -2.55. The van der Waals surface area contributed by atoms with Crippen LogP contribution in [0.1, 0.15) is 40.0 Å². The molecule has 9 heteroatoms. The van der Waals surface area contributed by atoms with Crippen LogP contribution in [0.15, 0.2) is 11.3 Å². The van der Waals surface area contributed by atoms with Crippen molar-refractivity contribution in [1.29, 1.82) is 0 Å². The fourth-order valence-corrected chi connectivity index (χ4v) is 5.52. The largest absolute Gasteiger partial charge is 0.466 e. The van der Waals surface area contributed by atoms with Crippen LogP contribution in [0.2, 0.25) is 0 Å². The van der Waals surface area contributed by atoms with Crippen molar-refractivity contribution < 1.29 is 33.3 Å². The van der Waals surface area contributed by atoms with Crippen LogP contribution in [0.4, 0.5) is 0 Å². The summed E-state index contributed by atoms with van der Waals surface area (Å²) in [6, 6.07) is 0. The maximum absolute atomic E-state index is 13.3. The molecule has 168 valence electrons. The van der Waals surface area contributed by atoms with Gasteiger partial charge in [0.1, 0.15) is 0 Å². The minimum absolute atomic E-state index is 0.131. The lowest BCUT2D eigenvalue weighted by molar-refractivity contribution is -0.175. The van der Waals surface area contributed by atoms with Gasteiger partial charge in [0.2, 0.25) is 5.54 Å². The van der Waals surface area contributed by atoms with Crippen molar-refractivity contribution in [2.75, 3.05) is 46.6 Å². The van der Waals surface area contributed by atoms with E-state index in [9.17, 15) is 14.4 Å². The third-order valence-electron chi connectivity index (χ3n) is 6.50. The van der Waals surface area contributed by atoms with Crippen molar-refractivity contribution in [3.63, 3.8) is 0 Å². The van der Waals surface area contributed by atoms with Crippen LogP contribution >= 0.6 is 0 Å². The van der Waals surface area contributed by atoms with Crippen molar-refractivity contribution in [2.24, 2.45) is 5.92 Å². The Morgan fingerprint density at radius 1 is 1.13 bits per heavy atom. The molecule has 0 bridgehead atoms. The molecule has 0 amide bonds. The van der Waals surface area contributed by atoms with Crippen molar-refractivity contribution in [1.82, 2.24) is 10.2 Å². The maximum Gasteiger partial charge on any atom is 0.343 e. The molecule has 0 aromatic carbocycles. The zero-order chi connectivity index (χ0) is 21.9. The number of carbonyl (C=O) groups excluding carboxylic acids is 3. The zero-order valence-electron chi connectivity index (χ0n) is 18.2. The van der Waals surface area contributed by atoms with Gasteiger partial charge in [-0.2, -0.15) is 0 Å². The highest BCUT2D eigenvalue weighted by molar-refractivity contribution is 6.07. The average Bonchev–Trinajstić information content (AvgIpc) is 3.19. The molecule has 2 fully saturated rings. The Labute approximate surface area is 177 Å². The second-order valence-corrected chi connectivity index (χ2v) is 7.83. The number of methoxy groups -OCH3 is 1. The molecule has 1 aliphatic carbocycles. The predicted octanol–water partition coefficient (Wildman–Crippen LogP) is 0.773. The third kappa shape index (κ3) is 3.28. The number of rotatable bonds is 6. The van der Waals surface area contributed by atoms with Gasteiger partial charge in [-0.05, 0) is 33.6 Å². The fourth-order valence-electron chi connectivity index (χ4n) is 5.52. The molecule has 0 radical (unpaired) electrons. The van der Waals surface area contributed by atoms with Crippen LogP contribution in [-0.2, 0) is 33.3 Å². The maximum atomic E-state index is 13.3. The van der Waals surface area contributed by atoms with Gasteiger partial charge in [-0.25, -0.2) is 14.4 Å². The van der Waals surface area contributed by atoms with E-state index in [-0.39, 0.29) is 13.2 Å². The van der Waals surface area contributed by atoms with E-state index < -0.39 is 34.9 Å². The number of hydrogen-bond donors (Lipinski definition) is 1. The summed E-state index contributed by atoms with van der Waals surface area (Å²) in [6.45, 7) is 7.58. The average molecular weight is 424 g/mol. The first-order valence-electron chi connectivity index (χ1n) is 10.6. The molecule has 2 heterocycles. The predicted molar refractivity (Wildman–Crippen MR) is 106 cm³/mol. The van der Waals surface area contributed by atoms with Gasteiger partial charge in [0.05, 0.1) is 44.6 Å². The van der Waals surface area contributed by atoms with E-state index in [1.807, 2.05) is 0 Å². The summed E-state index contributed by atoms with van der Waals surface area (Å²) < 4.78 is 21.4. The smallest absolute Gasteiger partial charge is 0.343 e. The van der Waals surface area contributed by atoms with Crippen molar-refractivity contribution >= 4 is 17.9 Å². The Morgan fingerprint density at radius 3 is 2.27 bits per heavy atom. The molecule has 1 saturated carbocycles. The van der Waals surface area contributed by atoms with Crippen LogP contribution in [0, 0.1) is 5.92 Å². The molecule has 0 aromatic rings. The number of morpholine rings is 1. The Hall–Kier alpha value is -2.13. The fraction of sp³-hybridized carbons (Fsp3) is 0.762. The SMILES string of the molecule is CCOC(=O)C1(C(=O)OCC)NC(C)=C(C(=O)OC)C2(N3CCOCC3)CCCC12. The number of fused-ring (bicyclic) bond motifs is 1. The van der Waals surface area contributed by atoms with Gasteiger partial charge in [-0.3, -0.25) is 4.90 Å². The monoisotopic (exact) mass is 424 g/mol. The summed E-state index contributed by atoms with van der Waals surface area (Å²) in [5.74, 6) is -2.34. The van der Waals surface area contributed by atoms with E-state index in [2.05, 4.69) is 10.2 Å². The van der Waals surface area contributed by atoms with Crippen molar-refractivity contribution in [2.45, 2.75) is 51.1 Å². The van der Waals surface area contributed by atoms with Crippen molar-refractivity contribution in [3.05, 3.63) is 11.3 Å². The standard InChI is InChI=1S/C21H32N2O7/c1-5-29-18(25)21(19(26)30-6-2)15-8-7-9-20(15,23-10-12-28-13-11-23)16(14(3)22-21)17(24)27-4/h15,22H,5-13H2,1-4H3.